The minimum absolute atomic E-state index is 0.0928. The summed E-state index contributed by atoms with van der Waals surface area (Å²) in [6.07, 6.45) is 5.20. The highest BCUT2D eigenvalue weighted by Gasteiger charge is 2.46. The van der Waals surface area contributed by atoms with E-state index < -0.39 is 5.54 Å². The van der Waals surface area contributed by atoms with Gasteiger partial charge < -0.3 is 15.0 Å². The average Bonchev–Trinajstić information content (AvgIpc) is 2.83. The van der Waals surface area contributed by atoms with Crippen molar-refractivity contribution in [3.05, 3.63) is 0 Å². The second-order valence-electron chi connectivity index (χ2n) is 5.54. The molecule has 19 heavy (non-hydrogen) atoms. The Hall–Kier alpha value is -0.610. The summed E-state index contributed by atoms with van der Waals surface area (Å²) in [5.74, 6) is -0.0928. The summed E-state index contributed by atoms with van der Waals surface area (Å²) in [4.78, 5) is 14.7. The molecule has 0 saturated heterocycles. The van der Waals surface area contributed by atoms with Gasteiger partial charge in [0.05, 0.1) is 7.11 Å². The van der Waals surface area contributed by atoms with E-state index in [0.29, 0.717) is 6.04 Å². The summed E-state index contributed by atoms with van der Waals surface area (Å²) in [7, 11) is 1.49. The zero-order chi connectivity index (χ0) is 14.3. The Kier molecular flexibility index (Phi) is 6.80. The van der Waals surface area contributed by atoms with Gasteiger partial charge in [-0.05, 0) is 51.7 Å². The third-order valence-electron chi connectivity index (χ3n) is 4.12. The zero-order valence-electron chi connectivity index (χ0n) is 13.0. The molecular formula is C15H30N2O2. The molecule has 1 N–H and O–H groups in total. The molecular weight excluding hydrogens is 240 g/mol. The number of methoxy groups -OCH3 is 1. The quantitative estimate of drug-likeness (QED) is 0.686. The van der Waals surface area contributed by atoms with Crippen molar-refractivity contribution >= 4 is 5.97 Å². The van der Waals surface area contributed by atoms with Crippen LogP contribution < -0.4 is 5.32 Å². The van der Waals surface area contributed by atoms with Gasteiger partial charge in [-0.2, -0.15) is 0 Å². The van der Waals surface area contributed by atoms with Crippen LogP contribution in [0.1, 0.15) is 52.9 Å². The van der Waals surface area contributed by atoms with E-state index >= 15 is 0 Å². The molecule has 0 bridgehead atoms. The smallest absolute Gasteiger partial charge is 0.326 e. The second kappa shape index (κ2) is 7.85. The van der Waals surface area contributed by atoms with Crippen molar-refractivity contribution in [3.8, 4) is 0 Å². The number of hydrogen-bond donors (Lipinski definition) is 1. The molecule has 0 heterocycles. The fourth-order valence-corrected chi connectivity index (χ4v) is 3.33. The van der Waals surface area contributed by atoms with Crippen molar-refractivity contribution in [1.82, 2.24) is 10.2 Å². The first-order chi connectivity index (χ1) is 9.13. The number of esters is 1. The van der Waals surface area contributed by atoms with Crippen molar-refractivity contribution in [2.75, 3.05) is 26.7 Å². The van der Waals surface area contributed by atoms with Crippen LogP contribution in [0.3, 0.4) is 0 Å². The summed E-state index contributed by atoms with van der Waals surface area (Å²) in [5, 5.41) is 3.38. The first-order valence-electron chi connectivity index (χ1n) is 7.71. The van der Waals surface area contributed by atoms with Gasteiger partial charge in [-0.1, -0.05) is 20.8 Å². The molecule has 0 spiro atoms. The van der Waals surface area contributed by atoms with E-state index in [-0.39, 0.29) is 5.97 Å². The van der Waals surface area contributed by atoms with Gasteiger partial charge in [-0.25, -0.2) is 0 Å². The maximum Gasteiger partial charge on any atom is 0.326 e. The van der Waals surface area contributed by atoms with Crippen molar-refractivity contribution in [2.24, 2.45) is 0 Å². The molecule has 0 aromatic rings. The monoisotopic (exact) mass is 270 g/mol. The van der Waals surface area contributed by atoms with Crippen LogP contribution in [0, 0.1) is 0 Å². The third-order valence-corrected chi connectivity index (χ3v) is 4.12. The highest BCUT2D eigenvalue weighted by atomic mass is 16.5. The lowest BCUT2D eigenvalue weighted by Crippen LogP contribution is -2.52. The van der Waals surface area contributed by atoms with Crippen molar-refractivity contribution in [3.63, 3.8) is 0 Å². The molecule has 0 radical (unpaired) electrons. The number of likely N-dealkylation sites (N-methyl/N-ethyl adjacent to an activating group) is 1. The zero-order valence-corrected chi connectivity index (χ0v) is 13.0. The maximum absolute atomic E-state index is 12.1. The molecule has 4 nitrogen and oxygen atoms in total. The van der Waals surface area contributed by atoms with Gasteiger partial charge in [0.15, 0.2) is 0 Å². The van der Waals surface area contributed by atoms with E-state index in [2.05, 4.69) is 24.1 Å². The molecule has 112 valence electrons. The van der Waals surface area contributed by atoms with Gasteiger partial charge in [-0.3, -0.25) is 4.79 Å². The molecule has 2 unspecified atom stereocenters. The van der Waals surface area contributed by atoms with E-state index in [9.17, 15) is 4.79 Å². The molecule has 1 aliphatic rings. The molecule has 1 aliphatic carbocycles. The third kappa shape index (κ3) is 3.93. The van der Waals surface area contributed by atoms with Gasteiger partial charge in [0.1, 0.15) is 5.54 Å². The van der Waals surface area contributed by atoms with Crippen LogP contribution in [0.4, 0.5) is 0 Å². The van der Waals surface area contributed by atoms with E-state index in [1.165, 1.54) is 20.0 Å². The highest BCUT2D eigenvalue weighted by molar-refractivity contribution is 5.81. The average molecular weight is 270 g/mol. The van der Waals surface area contributed by atoms with E-state index in [1.807, 2.05) is 6.92 Å². The molecule has 0 amide bonds. The summed E-state index contributed by atoms with van der Waals surface area (Å²) in [6, 6.07) is 0.512. The molecule has 4 heteroatoms. The van der Waals surface area contributed by atoms with E-state index in [4.69, 9.17) is 4.74 Å². The Labute approximate surface area is 117 Å². The second-order valence-corrected chi connectivity index (χ2v) is 5.54. The Balaban J connectivity index is 2.73. The van der Waals surface area contributed by atoms with Crippen molar-refractivity contribution < 1.29 is 9.53 Å². The predicted molar refractivity (Wildman–Crippen MR) is 78.2 cm³/mol. The predicted octanol–water partition coefficient (Wildman–Crippen LogP) is 2.18. The minimum Gasteiger partial charge on any atom is -0.468 e. The highest BCUT2D eigenvalue weighted by Crippen LogP contribution is 2.34. The Morgan fingerprint density at radius 2 is 1.95 bits per heavy atom. The van der Waals surface area contributed by atoms with Gasteiger partial charge in [0.25, 0.3) is 0 Å². The number of carbonyl (C=O) groups excluding carboxylic acids is 1. The van der Waals surface area contributed by atoms with Crippen LogP contribution in [-0.2, 0) is 9.53 Å². The molecule has 1 rings (SSSR count). The molecule has 1 fully saturated rings. The van der Waals surface area contributed by atoms with Crippen molar-refractivity contribution in [2.45, 2.75) is 64.5 Å². The number of carbonyl (C=O) groups is 1. The van der Waals surface area contributed by atoms with Crippen LogP contribution in [0.15, 0.2) is 0 Å². The Bertz CT molecular complexity index is 277. The van der Waals surface area contributed by atoms with Gasteiger partial charge in [0.2, 0.25) is 0 Å². The van der Waals surface area contributed by atoms with Crippen LogP contribution in [0.2, 0.25) is 0 Å². The molecule has 0 aromatic heterocycles. The van der Waals surface area contributed by atoms with Crippen LogP contribution in [-0.4, -0.2) is 49.2 Å². The fourth-order valence-electron chi connectivity index (χ4n) is 3.33. The molecule has 2 atom stereocenters. The normalized spacial score (nSPS) is 26.9. The molecule has 0 aliphatic heterocycles. The fraction of sp³-hybridized carbons (Fsp3) is 0.933. The topological polar surface area (TPSA) is 41.6 Å². The summed E-state index contributed by atoms with van der Waals surface area (Å²) < 4.78 is 5.02. The largest absolute Gasteiger partial charge is 0.468 e. The van der Waals surface area contributed by atoms with Gasteiger partial charge >= 0.3 is 5.97 Å². The molecule has 1 saturated carbocycles. The number of rotatable bonds is 8. The first-order valence-corrected chi connectivity index (χ1v) is 7.71. The van der Waals surface area contributed by atoms with E-state index in [0.717, 1.165) is 38.9 Å². The number of nitrogens with one attached hydrogen (secondary N) is 1. The SMILES string of the molecule is CCCN(CCC)C1CCC(NCC)(C(=O)OC)C1. The Morgan fingerprint density at radius 1 is 1.32 bits per heavy atom. The lowest BCUT2D eigenvalue weighted by atomic mass is 9.97. The lowest BCUT2D eigenvalue weighted by Gasteiger charge is -2.31. The van der Waals surface area contributed by atoms with Gasteiger partial charge in [0, 0.05) is 6.04 Å². The Morgan fingerprint density at radius 3 is 2.42 bits per heavy atom. The summed E-state index contributed by atoms with van der Waals surface area (Å²) in [6.45, 7) is 9.55. The van der Waals surface area contributed by atoms with E-state index in [1.54, 1.807) is 0 Å². The van der Waals surface area contributed by atoms with Crippen molar-refractivity contribution in [1.29, 1.82) is 0 Å². The van der Waals surface area contributed by atoms with Crippen LogP contribution >= 0.6 is 0 Å². The number of hydrogen-bond acceptors (Lipinski definition) is 4. The van der Waals surface area contributed by atoms with Gasteiger partial charge in [-0.15, -0.1) is 0 Å². The lowest BCUT2D eigenvalue weighted by molar-refractivity contribution is -0.148. The molecule has 0 aromatic carbocycles. The standard InChI is InChI=1S/C15H30N2O2/c1-5-10-17(11-6-2)13-8-9-15(12-13,16-7-3)14(18)19-4/h13,16H,5-12H2,1-4H3. The number of nitrogens with zero attached hydrogens (tertiary/aromatic N) is 1. The van der Waals surface area contributed by atoms with Crippen LogP contribution in [0.25, 0.3) is 0 Å². The maximum atomic E-state index is 12.1. The first kappa shape index (κ1) is 16.4. The minimum atomic E-state index is -0.450. The summed E-state index contributed by atoms with van der Waals surface area (Å²) >= 11 is 0. The van der Waals surface area contributed by atoms with Crippen LogP contribution in [0.5, 0.6) is 0 Å². The summed E-state index contributed by atoms with van der Waals surface area (Å²) in [5.41, 5.74) is -0.450. The number of ether oxygens (including phenoxy) is 1.